The number of nitrogens with one attached hydrogen (secondary N) is 1. The Kier molecular flexibility index (Phi) is 5.08. The molecule has 5 rings (SSSR count). The number of aromatic nitrogens is 5. The fourth-order valence-electron chi connectivity index (χ4n) is 3.54. The molecule has 2 aromatic carbocycles. The summed E-state index contributed by atoms with van der Waals surface area (Å²) in [5.74, 6) is 0.218. The van der Waals surface area contributed by atoms with Crippen molar-refractivity contribution in [1.82, 2.24) is 24.5 Å². The largest absolute Gasteiger partial charge is 0.372 e. The van der Waals surface area contributed by atoms with Crippen molar-refractivity contribution in [3.05, 3.63) is 71.0 Å². The molecule has 3 N–H and O–H groups in total. The molecule has 1 amide bonds. The van der Waals surface area contributed by atoms with Crippen molar-refractivity contribution in [2.75, 3.05) is 11.9 Å². The summed E-state index contributed by atoms with van der Waals surface area (Å²) in [6.45, 7) is 1.75. The van der Waals surface area contributed by atoms with Gasteiger partial charge in [-0.25, -0.2) is 9.07 Å². The van der Waals surface area contributed by atoms with Crippen LogP contribution in [0.1, 0.15) is 16.3 Å². The SMILES string of the molecule is NC(=O)c1nn(-c2c(F)cccc2Cl)cc1Nc1ccc(-c2nnc3n2CCOC3)cc1. The Morgan fingerprint density at radius 3 is 2.75 bits per heavy atom. The van der Waals surface area contributed by atoms with Gasteiger partial charge in [-0.05, 0) is 36.4 Å². The van der Waals surface area contributed by atoms with Gasteiger partial charge in [-0.2, -0.15) is 5.10 Å². The molecule has 0 spiro atoms. The fourth-order valence-corrected chi connectivity index (χ4v) is 3.79. The van der Waals surface area contributed by atoms with E-state index >= 15 is 0 Å². The lowest BCUT2D eigenvalue weighted by Crippen LogP contribution is -2.17. The molecule has 0 unspecified atom stereocenters. The van der Waals surface area contributed by atoms with Crippen molar-refractivity contribution in [1.29, 1.82) is 0 Å². The minimum absolute atomic E-state index is 0.0284. The van der Waals surface area contributed by atoms with E-state index in [9.17, 15) is 9.18 Å². The summed E-state index contributed by atoms with van der Waals surface area (Å²) < 4.78 is 22.9. The van der Waals surface area contributed by atoms with Gasteiger partial charge in [-0.1, -0.05) is 17.7 Å². The molecule has 1 aliphatic rings. The maximum absolute atomic E-state index is 14.3. The highest BCUT2D eigenvalue weighted by molar-refractivity contribution is 6.32. The maximum Gasteiger partial charge on any atom is 0.271 e. The maximum atomic E-state index is 14.3. The number of fused-ring (bicyclic) bond motifs is 1. The molecule has 1 aliphatic heterocycles. The van der Waals surface area contributed by atoms with Gasteiger partial charge in [0.05, 0.1) is 23.5 Å². The molecule has 0 fully saturated rings. The first kappa shape index (κ1) is 20.2. The first-order chi connectivity index (χ1) is 15.5. The van der Waals surface area contributed by atoms with Crippen LogP contribution in [0.2, 0.25) is 5.02 Å². The van der Waals surface area contributed by atoms with Crippen LogP contribution in [-0.4, -0.2) is 37.1 Å². The lowest BCUT2D eigenvalue weighted by molar-refractivity contribution is 0.0821. The molecule has 2 aromatic heterocycles. The van der Waals surface area contributed by atoms with E-state index in [4.69, 9.17) is 22.1 Å². The van der Waals surface area contributed by atoms with Gasteiger partial charge in [-0.15, -0.1) is 10.2 Å². The summed E-state index contributed by atoms with van der Waals surface area (Å²) in [5.41, 5.74) is 7.35. The molecule has 4 aromatic rings. The lowest BCUT2D eigenvalue weighted by Gasteiger charge is -2.15. The Morgan fingerprint density at radius 2 is 2.00 bits per heavy atom. The van der Waals surface area contributed by atoms with Crippen molar-refractivity contribution in [3.8, 4) is 17.1 Å². The van der Waals surface area contributed by atoms with Crippen molar-refractivity contribution in [3.63, 3.8) is 0 Å². The molecule has 0 saturated carbocycles. The summed E-state index contributed by atoms with van der Waals surface area (Å²) in [6.07, 6.45) is 1.47. The number of carbonyl (C=O) groups excluding carboxylic acids is 1. The van der Waals surface area contributed by atoms with Crippen LogP contribution in [-0.2, 0) is 17.9 Å². The summed E-state index contributed by atoms with van der Waals surface area (Å²) in [6, 6.07) is 11.7. The predicted molar refractivity (Wildman–Crippen MR) is 115 cm³/mol. The highest BCUT2D eigenvalue weighted by atomic mass is 35.5. The molecule has 32 heavy (non-hydrogen) atoms. The second kappa shape index (κ2) is 8.06. The van der Waals surface area contributed by atoms with E-state index in [0.29, 0.717) is 31.1 Å². The number of hydrogen-bond donors (Lipinski definition) is 2. The van der Waals surface area contributed by atoms with Crippen molar-refractivity contribution >= 4 is 28.9 Å². The first-order valence-corrected chi connectivity index (χ1v) is 10.1. The highest BCUT2D eigenvalue weighted by Crippen LogP contribution is 2.28. The van der Waals surface area contributed by atoms with Crippen LogP contribution in [0.4, 0.5) is 15.8 Å². The van der Waals surface area contributed by atoms with E-state index in [1.54, 1.807) is 0 Å². The Balaban J connectivity index is 1.45. The second-order valence-corrected chi connectivity index (χ2v) is 7.52. The molecule has 0 radical (unpaired) electrons. The minimum atomic E-state index is -0.757. The molecule has 0 bridgehead atoms. The Bertz CT molecular complexity index is 1300. The van der Waals surface area contributed by atoms with Crippen LogP contribution in [0, 0.1) is 5.82 Å². The lowest BCUT2D eigenvalue weighted by atomic mass is 10.2. The van der Waals surface area contributed by atoms with E-state index in [2.05, 4.69) is 20.6 Å². The van der Waals surface area contributed by atoms with Crippen molar-refractivity contribution in [2.24, 2.45) is 5.73 Å². The third kappa shape index (κ3) is 3.59. The third-order valence-electron chi connectivity index (χ3n) is 5.05. The number of primary amides is 1. The van der Waals surface area contributed by atoms with Crippen LogP contribution in [0.3, 0.4) is 0 Å². The van der Waals surface area contributed by atoms with E-state index in [-0.39, 0.29) is 16.4 Å². The van der Waals surface area contributed by atoms with Gasteiger partial charge in [-0.3, -0.25) is 4.79 Å². The van der Waals surface area contributed by atoms with Crippen molar-refractivity contribution in [2.45, 2.75) is 13.2 Å². The number of nitrogens with two attached hydrogens (primary N) is 1. The number of halogens is 2. The zero-order chi connectivity index (χ0) is 22.2. The molecule has 162 valence electrons. The first-order valence-electron chi connectivity index (χ1n) is 9.72. The Morgan fingerprint density at radius 1 is 1.19 bits per heavy atom. The summed E-state index contributed by atoms with van der Waals surface area (Å²) in [7, 11) is 0. The minimum Gasteiger partial charge on any atom is -0.372 e. The molecule has 0 atom stereocenters. The average molecular weight is 454 g/mol. The van der Waals surface area contributed by atoms with Gasteiger partial charge >= 0.3 is 0 Å². The fraction of sp³-hybridized carbons (Fsp3) is 0.143. The molecular formula is C21H17ClFN7O2. The second-order valence-electron chi connectivity index (χ2n) is 7.12. The molecule has 9 nitrogen and oxygen atoms in total. The van der Waals surface area contributed by atoms with Crippen LogP contribution in [0.15, 0.2) is 48.7 Å². The third-order valence-corrected chi connectivity index (χ3v) is 5.36. The van der Waals surface area contributed by atoms with Gasteiger partial charge in [0.1, 0.15) is 18.1 Å². The van der Waals surface area contributed by atoms with E-state index < -0.39 is 11.7 Å². The number of para-hydroxylation sites is 1. The Hall–Kier alpha value is -3.76. The van der Waals surface area contributed by atoms with Crippen LogP contribution < -0.4 is 11.1 Å². The Labute approximate surface area is 186 Å². The molecule has 11 heteroatoms. The highest BCUT2D eigenvalue weighted by Gasteiger charge is 2.20. The number of rotatable bonds is 5. The quantitative estimate of drug-likeness (QED) is 0.479. The predicted octanol–water partition coefficient (Wildman–Crippen LogP) is 3.30. The molecule has 0 saturated heterocycles. The number of carbonyl (C=O) groups is 1. The number of ether oxygens (including phenoxy) is 1. The van der Waals surface area contributed by atoms with E-state index in [0.717, 1.165) is 17.2 Å². The van der Waals surface area contributed by atoms with Crippen molar-refractivity contribution < 1.29 is 13.9 Å². The van der Waals surface area contributed by atoms with Crippen LogP contribution in [0.25, 0.3) is 17.1 Å². The van der Waals surface area contributed by atoms with E-state index in [1.807, 2.05) is 28.8 Å². The summed E-state index contributed by atoms with van der Waals surface area (Å²) in [4.78, 5) is 11.9. The van der Waals surface area contributed by atoms with Gasteiger partial charge in [0, 0.05) is 17.8 Å². The standard InChI is InChI=1S/C21H17ClFN7O2/c22-14-2-1-3-15(23)19(14)30-10-16(18(28-30)20(24)31)25-13-6-4-12(5-7-13)21-27-26-17-11-32-9-8-29(17)21/h1-7,10,25H,8-9,11H2,(H2,24,31). The monoisotopic (exact) mass is 453 g/mol. The number of anilines is 2. The average Bonchev–Trinajstić information content (AvgIpc) is 3.39. The van der Waals surface area contributed by atoms with Gasteiger partial charge in [0.2, 0.25) is 0 Å². The summed E-state index contributed by atoms with van der Waals surface area (Å²) in [5, 5.41) is 15.8. The number of nitrogens with zero attached hydrogens (tertiary/aromatic N) is 5. The summed E-state index contributed by atoms with van der Waals surface area (Å²) >= 11 is 6.12. The zero-order valence-corrected chi connectivity index (χ0v) is 17.4. The molecule has 3 heterocycles. The van der Waals surface area contributed by atoms with E-state index in [1.165, 1.54) is 29.1 Å². The molecular weight excluding hydrogens is 437 g/mol. The van der Waals surface area contributed by atoms with Gasteiger partial charge < -0.3 is 20.4 Å². The number of benzene rings is 2. The number of amides is 1. The topological polar surface area (TPSA) is 113 Å². The van der Waals surface area contributed by atoms with Gasteiger partial charge in [0.15, 0.2) is 17.3 Å². The normalized spacial score (nSPS) is 13.1. The smallest absolute Gasteiger partial charge is 0.271 e. The zero-order valence-electron chi connectivity index (χ0n) is 16.6. The molecule has 0 aliphatic carbocycles. The van der Waals surface area contributed by atoms with Crippen LogP contribution in [0.5, 0.6) is 0 Å². The number of hydrogen-bond acceptors (Lipinski definition) is 6. The van der Waals surface area contributed by atoms with Crippen LogP contribution >= 0.6 is 11.6 Å². The van der Waals surface area contributed by atoms with Gasteiger partial charge in [0.25, 0.3) is 5.91 Å².